The second kappa shape index (κ2) is 5.74. The van der Waals surface area contributed by atoms with Crippen LogP contribution in [0.3, 0.4) is 0 Å². The Kier molecular flexibility index (Phi) is 3.80. The maximum Gasteiger partial charge on any atom is 0.197 e. The van der Waals surface area contributed by atoms with Crippen LogP contribution in [0.1, 0.15) is 16.8 Å². The van der Waals surface area contributed by atoms with E-state index in [4.69, 9.17) is 20.8 Å². The van der Waals surface area contributed by atoms with Crippen molar-refractivity contribution in [2.75, 3.05) is 7.11 Å². The molecule has 0 N–H and O–H groups in total. The number of fused-ring (bicyclic) bond motifs is 1. The predicted molar refractivity (Wildman–Crippen MR) is 79.3 cm³/mol. The van der Waals surface area contributed by atoms with Crippen LogP contribution in [-0.4, -0.2) is 12.1 Å². The number of rotatable bonds is 4. The van der Waals surface area contributed by atoms with Crippen LogP contribution in [0.25, 0.3) is 11.1 Å². The van der Waals surface area contributed by atoms with Gasteiger partial charge in [-0.25, -0.2) is 9.37 Å². The molecule has 1 aromatic heterocycles. The molecule has 1 atom stereocenters. The van der Waals surface area contributed by atoms with E-state index in [2.05, 4.69) is 4.98 Å². The highest BCUT2D eigenvalue weighted by Gasteiger charge is 2.17. The zero-order chi connectivity index (χ0) is 14.8. The van der Waals surface area contributed by atoms with Crippen LogP contribution in [0.5, 0.6) is 5.75 Å². The van der Waals surface area contributed by atoms with Crippen LogP contribution in [-0.2, 0) is 6.42 Å². The summed E-state index contributed by atoms with van der Waals surface area (Å²) < 4.78 is 24.6. The molecule has 0 spiro atoms. The molecule has 0 amide bonds. The van der Waals surface area contributed by atoms with Gasteiger partial charge in [0.15, 0.2) is 11.5 Å². The smallest absolute Gasteiger partial charge is 0.197 e. The lowest BCUT2D eigenvalue weighted by atomic mass is 10.1. The lowest BCUT2D eigenvalue weighted by Gasteiger charge is -2.10. The molecule has 0 aliphatic heterocycles. The minimum atomic E-state index is -0.552. The molecule has 0 bridgehead atoms. The van der Waals surface area contributed by atoms with Crippen LogP contribution in [0.15, 0.2) is 46.9 Å². The van der Waals surface area contributed by atoms with Crippen LogP contribution >= 0.6 is 11.6 Å². The molecule has 3 nitrogen and oxygen atoms in total. The average Bonchev–Trinajstić information content (AvgIpc) is 2.88. The highest BCUT2D eigenvalue weighted by atomic mass is 35.5. The van der Waals surface area contributed by atoms with Crippen molar-refractivity contribution in [1.29, 1.82) is 0 Å². The van der Waals surface area contributed by atoms with Gasteiger partial charge in [0.2, 0.25) is 0 Å². The lowest BCUT2D eigenvalue weighted by molar-refractivity contribution is 0.410. The highest BCUT2D eigenvalue weighted by Crippen LogP contribution is 2.30. The van der Waals surface area contributed by atoms with Gasteiger partial charge < -0.3 is 9.15 Å². The summed E-state index contributed by atoms with van der Waals surface area (Å²) in [6.45, 7) is 0. The van der Waals surface area contributed by atoms with Crippen molar-refractivity contribution in [3.8, 4) is 5.75 Å². The first-order chi connectivity index (χ1) is 10.2. The standard InChI is InChI=1S/C16H13ClFNO2/c1-20-10-6-7-11(13(18)8-10)12(17)9-16-19-14-4-2-3-5-15(14)21-16/h2-8,12H,9H2,1H3. The molecular formula is C16H13ClFNO2. The van der Waals surface area contributed by atoms with E-state index >= 15 is 0 Å². The van der Waals surface area contributed by atoms with E-state index < -0.39 is 11.2 Å². The van der Waals surface area contributed by atoms with Gasteiger partial charge in [-0.3, -0.25) is 0 Å². The first-order valence-corrected chi connectivity index (χ1v) is 6.93. The third kappa shape index (κ3) is 2.85. The van der Waals surface area contributed by atoms with Gasteiger partial charge in [0.05, 0.1) is 12.5 Å². The Morgan fingerprint density at radius 2 is 2.10 bits per heavy atom. The summed E-state index contributed by atoms with van der Waals surface area (Å²) in [4.78, 5) is 4.34. The van der Waals surface area contributed by atoms with E-state index in [1.807, 2.05) is 24.3 Å². The average molecular weight is 306 g/mol. The summed E-state index contributed by atoms with van der Waals surface area (Å²) in [5.41, 5.74) is 1.87. The molecule has 2 aromatic carbocycles. The van der Waals surface area contributed by atoms with Crippen molar-refractivity contribution in [2.45, 2.75) is 11.8 Å². The largest absolute Gasteiger partial charge is 0.497 e. The number of nitrogens with zero attached hydrogens (tertiary/aromatic N) is 1. The first kappa shape index (κ1) is 13.9. The fraction of sp³-hybridized carbons (Fsp3) is 0.188. The lowest BCUT2D eigenvalue weighted by Crippen LogP contribution is -2.00. The van der Waals surface area contributed by atoms with Crippen molar-refractivity contribution < 1.29 is 13.5 Å². The molecule has 1 unspecified atom stereocenters. The predicted octanol–water partition coefficient (Wildman–Crippen LogP) is 4.50. The van der Waals surface area contributed by atoms with E-state index in [1.54, 1.807) is 12.1 Å². The van der Waals surface area contributed by atoms with Gasteiger partial charge in [-0.2, -0.15) is 0 Å². The van der Waals surface area contributed by atoms with Crippen molar-refractivity contribution in [1.82, 2.24) is 4.98 Å². The second-order valence-electron chi connectivity index (χ2n) is 4.63. The third-order valence-electron chi connectivity index (χ3n) is 3.24. The molecule has 0 aliphatic carbocycles. The molecule has 0 radical (unpaired) electrons. The van der Waals surface area contributed by atoms with Gasteiger partial charge >= 0.3 is 0 Å². The molecule has 0 fully saturated rings. The van der Waals surface area contributed by atoms with Gasteiger partial charge in [0.1, 0.15) is 17.1 Å². The highest BCUT2D eigenvalue weighted by molar-refractivity contribution is 6.20. The molecule has 0 saturated carbocycles. The van der Waals surface area contributed by atoms with Crippen LogP contribution < -0.4 is 4.74 Å². The molecule has 3 aromatic rings. The van der Waals surface area contributed by atoms with Crippen molar-refractivity contribution >= 4 is 22.7 Å². The Labute approximate surface area is 126 Å². The summed E-state index contributed by atoms with van der Waals surface area (Å²) in [5, 5.41) is -0.552. The number of halogens is 2. The fourth-order valence-electron chi connectivity index (χ4n) is 2.16. The minimum Gasteiger partial charge on any atom is -0.497 e. The van der Waals surface area contributed by atoms with Gasteiger partial charge in [-0.05, 0) is 18.2 Å². The number of oxazole rings is 1. The van der Waals surface area contributed by atoms with E-state index in [9.17, 15) is 4.39 Å². The maximum absolute atomic E-state index is 14.0. The molecule has 0 aliphatic rings. The maximum atomic E-state index is 14.0. The molecular weight excluding hydrogens is 293 g/mol. The summed E-state index contributed by atoms with van der Waals surface area (Å²) in [6.07, 6.45) is 0.319. The SMILES string of the molecule is COc1ccc(C(Cl)Cc2nc3ccccc3o2)c(F)c1. The number of alkyl halides is 1. The van der Waals surface area contributed by atoms with Crippen LogP contribution in [0.2, 0.25) is 0 Å². The Bertz CT molecular complexity index is 739. The number of hydrogen-bond donors (Lipinski definition) is 0. The number of hydrogen-bond acceptors (Lipinski definition) is 3. The number of methoxy groups -OCH3 is 1. The van der Waals surface area contributed by atoms with E-state index in [-0.39, 0.29) is 0 Å². The van der Waals surface area contributed by atoms with Crippen LogP contribution in [0.4, 0.5) is 4.39 Å². The quantitative estimate of drug-likeness (QED) is 0.666. The van der Waals surface area contributed by atoms with E-state index in [0.29, 0.717) is 29.2 Å². The first-order valence-electron chi connectivity index (χ1n) is 6.49. The third-order valence-corrected chi connectivity index (χ3v) is 3.63. The Morgan fingerprint density at radius 1 is 1.29 bits per heavy atom. The van der Waals surface area contributed by atoms with Gasteiger partial charge in [0, 0.05) is 18.1 Å². The number of para-hydroxylation sites is 2. The van der Waals surface area contributed by atoms with Crippen LogP contribution in [0, 0.1) is 5.82 Å². The molecule has 1 heterocycles. The monoisotopic (exact) mass is 305 g/mol. The van der Waals surface area contributed by atoms with E-state index in [1.165, 1.54) is 13.2 Å². The summed E-state index contributed by atoms with van der Waals surface area (Å²) in [5.74, 6) is 0.554. The van der Waals surface area contributed by atoms with Crippen molar-refractivity contribution in [2.24, 2.45) is 0 Å². The second-order valence-corrected chi connectivity index (χ2v) is 5.16. The topological polar surface area (TPSA) is 35.3 Å². The van der Waals surface area contributed by atoms with Crippen molar-refractivity contribution in [3.63, 3.8) is 0 Å². The number of benzene rings is 2. The summed E-state index contributed by atoms with van der Waals surface area (Å²) in [7, 11) is 1.49. The molecule has 21 heavy (non-hydrogen) atoms. The summed E-state index contributed by atoms with van der Waals surface area (Å²) in [6, 6.07) is 12.1. The molecule has 108 valence electrons. The van der Waals surface area contributed by atoms with Gasteiger partial charge in [-0.1, -0.05) is 18.2 Å². The summed E-state index contributed by atoms with van der Waals surface area (Å²) >= 11 is 6.29. The zero-order valence-corrected chi connectivity index (χ0v) is 12.1. The zero-order valence-electron chi connectivity index (χ0n) is 11.3. The van der Waals surface area contributed by atoms with Gasteiger partial charge in [0.25, 0.3) is 0 Å². The molecule has 3 rings (SSSR count). The number of ether oxygens (including phenoxy) is 1. The normalized spacial score (nSPS) is 12.5. The minimum absolute atomic E-state index is 0.319. The Morgan fingerprint density at radius 3 is 2.81 bits per heavy atom. The van der Waals surface area contributed by atoms with Gasteiger partial charge in [-0.15, -0.1) is 11.6 Å². The molecule has 0 saturated heterocycles. The number of aromatic nitrogens is 1. The Balaban J connectivity index is 1.83. The fourth-order valence-corrected chi connectivity index (χ4v) is 2.47. The van der Waals surface area contributed by atoms with Crippen molar-refractivity contribution in [3.05, 3.63) is 59.7 Å². The molecule has 5 heteroatoms. The Hall–Kier alpha value is -2.07. The van der Waals surface area contributed by atoms with E-state index in [0.717, 1.165) is 5.52 Å².